The van der Waals surface area contributed by atoms with E-state index in [0.29, 0.717) is 5.75 Å². The van der Waals surface area contributed by atoms with E-state index in [1.54, 1.807) is 18.0 Å². The highest BCUT2D eigenvalue weighted by atomic mass is 16.5. The fraction of sp³-hybridized carbons (Fsp3) is 0.500. The third-order valence-electron chi connectivity index (χ3n) is 3.05. The van der Waals surface area contributed by atoms with Crippen LogP contribution < -0.4 is 10.5 Å². The van der Waals surface area contributed by atoms with Gasteiger partial charge in [-0.05, 0) is 13.8 Å². The van der Waals surface area contributed by atoms with Gasteiger partial charge >= 0.3 is 0 Å². The number of nitrogens with two attached hydrogens (primary N) is 1. The molecule has 0 bridgehead atoms. The number of rotatable bonds is 4. The van der Waals surface area contributed by atoms with E-state index in [4.69, 9.17) is 10.5 Å². The average molecular weight is 249 g/mol. The molecule has 0 saturated heterocycles. The average Bonchev–Trinajstić information content (AvgIpc) is 2.90. The third-order valence-corrected chi connectivity index (χ3v) is 3.05. The SMILES string of the molecule is CCn1ncc(OC)c1C(N)c1cn(C)nc1C. The lowest BCUT2D eigenvalue weighted by Crippen LogP contribution is -2.18. The van der Waals surface area contributed by atoms with Crippen molar-refractivity contribution in [3.63, 3.8) is 0 Å². The summed E-state index contributed by atoms with van der Waals surface area (Å²) in [6.07, 6.45) is 3.64. The molecule has 2 N–H and O–H groups in total. The molecule has 0 saturated carbocycles. The molecule has 1 atom stereocenters. The van der Waals surface area contributed by atoms with Crippen LogP contribution >= 0.6 is 0 Å². The first kappa shape index (κ1) is 12.6. The summed E-state index contributed by atoms with van der Waals surface area (Å²) in [5.74, 6) is 0.715. The van der Waals surface area contributed by atoms with Gasteiger partial charge in [0.2, 0.25) is 0 Å². The molecule has 98 valence electrons. The first-order valence-electron chi connectivity index (χ1n) is 5.93. The molecule has 0 aromatic carbocycles. The molecular weight excluding hydrogens is 230 g/mol. The van der Waals surface area contributed by atoms with Gasteiger partial charge in [-0.1, -0.05) is 0 Å². The molecular formula is C12H19N5O. The third kappa shape index (κ3) is 1.99. The Bertz CT molecular complexity index is 521. The lowest BCUT2D eigenvalue weighted by Gasteiger charge is -2.14. The summed E-state index contributed by atoms with van der Waals surface area (Å²) in [7, 11) is 3.51. The molecule has 6 nitrogen and oxygen atoms in total. The highest BCUT2D eigenvalue weighted by Crippen LogP contribution is 2.29. The Kier molecular flexibility index (Phi) is 3.38. The van der Waals surface area contributed by atoms with Crippen LogP contribution in [0.25, 0.3) is 0 Å². The van der Waals surface area contributed by atoms with Gasteiger partial charge in [-0.15, -0.1) is 0 Å². The topological polar surface area (TPSA) is 70.9 Å². The van der Waals surface area contributed by atoms with Crippen molar-refractivity contribution in [2.45, 2.75) is 26.4 Å². The van der Waals surface area contributed by atoms with Crippen LogP contribution in [-0.2, 0) is 13.6 Å². The Morgan fingerprint density at radius 1 is 1.50 bits per heavy atom. The number of hydrogen-bond donors (Lipinski definition) is 1. The number of aromatic nitrogens is 4. The maximum Gasteiger partial charge on any atom is 0.161 e. The van der Waals surface area contributed by atoms with Crippen molar-refractivity contribution in [1.29, 1.82) is 0 Å². The fourth-order valence-electron chi connectivity index (χ4n) is 2.17. The summed E-state index contributed by atoms with van der Waals surface area (Å²) in [4.78, 5) is 0. The fourth-order valence-corrected chi connectivity index (χ4v) is 2.17. The van der Waals surface area contributed by atoms with E-state index in [1.807, 2.05) is 31.8 Å². The van der Waals surface area contributed by atoms with Crippen molar-refractivity contribution in [3.8, 4) is 5.75 Å². The van der Waals surface area contributed by atoms with E-state index in [-0.39, 0.29) is 6.04 Å². The highest BCUT2D eigenvalue weighted by Gasteiger charge is 2.22. The van der Waals surface area contributed by atoms with Crippen LogP contribution in [0.5, 0.6) is 5.75 Å². The summed E-state index contributed by atoms with van der Waals surface area (Å²) in [6.45, 7) is 4.73. The van der Waals surface area contributed by atoms with Crippen molar-refractivity contribution in [1.82, 2.24) is 19.6 Å². The quantitative estimate of drug-likeness (QED) is 0.877. The van der Waals surface area contributed by atoms with Crippen LogP contribution in [0, 0.1) is 6.92 Å². The zero-order chi connectivity index (χ0) is 13.3. The van der Waals surface area contributed by atoms with E-state index in [0.717, 1.165) is 23.5 Å². The normalized spacial score (nSPS) is 12.7. The second-order valence-electron chi connectivity index (χ2n) is 4.24. The van der Waals surface area contributed by atoms with Crippen molar-refractivity contribution in [2.24, 2.45) is 12.8 Å². The minimum atomic E-state index is -0.281. The summed E-state index contributed by atoms with van der Waals surface area (Å²) in [5.41, 5.74) is 9.14. The van der Waals surface area contributed by atoms with Crippen molar-refractivity contribution >= 4 is 0 Å². The zero-order valence-corrected chi connectivity index (χ0v) is 11.2. The van der Waals surface area contributed by atoms with Gasteiger partial charge in [0.15, 0.2) is 5.75 Å². The summed E-state index contributed by atoms with van der Waals surface area (Å²) in [6, 6.07) is -0.281. The van der Waals surface area contributed by atoms with Crippen LogP contribution in [0.4, 0.5) is 0 Å². The van der Waals surface area contributed by atoms with Gasteiger partial charge in [-0.3, -0.25) is 9.36 Å². The molecule has 0 aliphatic heterocycles. The number of ether oxygens (including phenoxy) is 1. The van der Waals surface area contributed by atoms with Gasteiger partial charge in [0.05, 0.1) is 25.0 Å². The van der Waals surface area contributed by atoms with Crippen LogP contribution in [0.15, 0.2) is 12.4 Å². The first-order chi connectivity index (χ1) is 8.58. The standard InChI is InChI=1S/C12H19N5O/c1-5-17-12(10(18-4)6-14-17)11(13)9-7-16(3)15-8(9)2/h6-7,11H,5,13H2,1-4H3. The van der Waals surface area contributed by atoms with Crippen LogP contribution in [0.3, 0.4) is 0 Å². The molecule has 0 aliphatic carbocycles. The summed E-state index contributed by atoms with van der Waals surface area (Å²) >= 11 is 0. The minimum absolute atomic E-state index is 0.281. The lowest BCUT2D eigenvalue weighted by molar-refractivity contribution is 0.404. The van der Waals surface area contributed by atoms with E-state index in [9.17, 15) is 0 Å². The molecule has 1 unspecified atom stereocenters. The molecule has 0 amide bonds. The summed E-state index contributed by atoms with van der Waals surface area (Å²) < 4.78 is 8.95. The Morgan fingerprint density at radius 3 is 2.72 bits per heavy atom. The molecule has 0 aliphatic rings. The van der Waals surface area contributed by atoms with Gasteiger partial charge in [-0.2, -0.15) is 10.2 Å². The smallest absolute Gasteiger partial charge is 0.161 e. The van der Waals surface area contributed by atoms with Crippen LogP contribution in [0.2, 0.25) is 0 Å². The van der Waals surface area contributed by atoms with Crippen LogP contribution in [0.1, 0.15) is 29.9 Å². The Morgan fingerprint density at radius 2 is 2.22 bits per heavy atom. The second kappa shape index (κ2) is 4.81. The van der Waals surface area contributed by atoms with E-state index >= 15 is 0 Å². The van der Waals surface area contributed by atoms with Gasteiger partial charge in [0, 0.05) is 25.4 Å². The van der Waals surface area contributed by atoms with Crippen molar-refractivity contribution < 1.29 is 4.74 Å². The lowest BCUT2D eigenvalue weighted by atomic mass is 10.1. The first-order valence-corrected chi connectivity index (χ1v) is 5.93. The number of aryl methyl sites for hydroxylation is 3. The van der Waals surface area contributed by atoms with Gasteiger partial charge in [-0.25, -0.2) is 0 Å². The van der Waals surface area contributed by atoms with Gasteiger partial charge in [0.1, 0.15) is 5.69 Å². The Labute approximate surface area is 106 Å². The van der Waals surface area contributed by atoms with E-state index in [2.05, 4.69) is 10.2 Å². The predicted octanol–water partition coefficient (Wildman–Crippen LogP) is 1.00. The minimum Gasteiger partial charge on any atom is -0.493 e. The number of methoxy groups -OCH3 is 1. The summed E-state index contributed by atoms with van der Waals surface area (Å²) in [5, 5.41) is 8.59. The van der Waals surface area contributed by atoms with E-state index < -0.39 is 0 Å². The van der Waals surface area contributed by atoms with Crippen LogP contribution in [-0.4, -0.2) is 26.7 Å². The Hall–Kier alpha value is -1.82. The molecule has 6 heteroatoms. The molecule has 2 aromatic rings. The second-order valence-corrected chi connectivity index (χ2v) is 4.24. The molecule has 0 spiro atoms. The molecule has 0 radical (unpaired) electrons. The molecule has 0 fully saturated rings. The molecule has 2 rings (SSSR count). The predicted molar refractivity (Wildman–Crippen MR) is 68.4 cm³/mol. The molecule has 18 heavy (non-hydrogen) atoms. The van der Waals surface area contributed by atoms with Crippen molar-refractivity contribution in [3.05, 3.63) is 29.3 Å². The maximum atomic E-state index is 6.33. The highest BCUT2D eigenvalue weighted by molar-refractivity contribution is 5.36. The number of nitrogens with zero attached hydrogens (tertiary/aromatic N) is 4. The monoisotopic (exact) mass is 249 g/mol. The van der Waals surface area contributed by atoms with Gasteiger partial charge < -0.3 is 10.5 Å². The van der Waals surface area contributed by atoms with Gasteiger partial charge in [0.25, 0.3) is 0 Å². The van der Waals surface area contributed by atoms with E-state index in [1.165, 1.54) is 0 Å². The van der Waals surface area contributed by atoms with Crippen molar-refractivity contribution in [2.75, 3.05) is 7.11 Å². The number of hydrogen-bond acceptors (Lipinski definition) is 4. The molecule has 2 heterocycles. The maximum absolute atomic E-state index is 6.33. The zero-order valence-electron chi connectivity index (χ0n) is 11.2. The Balaban J connectivity index is 2.47. The molecule has 2 aromatic heterocycles. The largest absolute Gasteiger partial charge is 0.493 e.